The van der Waals surface area contributed by atoms with E-state index >= 15 is 0 Å². The van der Waals surface area contributed by atoms with Crippen molar-refractivity contribution in [3.8, 4) is 22.5 Å². The van der Waals surface area contributed by atoms with Crippen molar-refractivity contribution in [1.29, 1.82) is 0 Å². The molecule has 8 heteroatoms. The molecule has 0 saturated carbocycles. The van der Waals surface area contributed by atoms with Gasteiger partial charge in [0.1, 0.15) is 5.82 Å². The number of aryl methyl sites for hydroxylation is 1. The zero-order valence-corrected chi connectivity index (χ0v) is 18.5. The van der Waals surface area contributed by atoms with Crippen LogP contribution in [0.4, 0.5) is 14.6 Å². The molecule has 0 atom stereocenters. The SMILES string of the molecule is C1COCCN1.CNc1nc(-c2cccnc2)nc2c(C)cc(-c3cccc(F)c3F)cc12. The number of anilines is 1. The van der Waals surface area contributed by atoms with Crippen LogP contribution < -0.4 is 10.6 Å². The Labute approximate surface area is 191 Å². The molecule has 170 valence electrons. The number of halogens is 2. The van der Waals surface area contributed by atoms with E-state index in [1.807, 2.05) is 19.1 Å². The molecule has 1 saturated heterocycles. The van der Waals surface area contributed by atoms with Gasteiger partial charge in [0.2, 0.25) is 0 Å². The highest BCUT2D eigenvalue weighted by Crippen LogP contribution is 2.33. The molecule has 1 aliphatic heterocycles. The molecule has 1 aliphatic rings. The van der Waals surface area contributed by atoms with E-state index in [-0.39, 0.29) is 5.56 Å². The van der Waals surface area contributed by atoms with Crippen LogP contribution in [0.1, 0.15) is 5.56 Å². The average molecular weight is 450 g/mol. The van der Waals surface area contributed by atoms with Gasteiger partial charge in [0.15, 0.2) is 17.5 Å². The highest BCUT2D eigenvalue weighted by molar-refractivity contribution is 5.96. The Bertz CT molecular complexity index is 1240. The van der Waals surface area contributed by atoms with Crippen molar-refractivity contribution >= 4 is 16.7 Å². The first-order valence-corrected chi connectivity index (χ1v) is 10.7. The molecule has 6 nitrogen and oxygen atoms in total. The molecule has 1 fully saturated rings. The summed E-state index contributed by atoms with van der Waals surface area (Å²) >= 11 is 0. The lowest BCUT2D eigenvalue weighted by Gasteiger charge is -2.13. The summed E-state index contributed by atoms with van der Waals surface area (Å²) in [4.78, 5) is 13.4. The van der Waals surface area contributed by atoms with Gasteiger partial charge in [0.05, 0.1) is 18.7 Å². The molecular weight excluding hydrogens is 424 g/mol. The fraction of sp³-hybridized carbons (Fsp3) is 0.240. The fourth-order valence-electron chi connectivity index (χ4n) is 3.62. The van der Waals surface area contributed by atoms with Crippen LogP contribution in [0.2, 0.25) is 0 Å². The van der Waals surface area contributed by atoms with Crippen LogP contribution in [-0.2, 0) is 4.74 Å². The number of rotatable bonds is 3. The zero-order valence-electron chi connectivity index (χ0n) is 18.5. The Morgan fingerprint density at radius 2 is 1.82 bits per heavy atom. The molecule has 0 bridgehead atoms. The molecule has 2 aromatic heterocycles. The number of nitrogens with zero attached hydrogens (tertiary/aromatic N) is 3. The highest BCUT2D eigenvalue weighted by atomic mass is 19.2. The summed E-state index contributed by atoms with van der Waals surface area (Å²) in [7, 11) is 1.76. The number of nitrogens with one attached hydrogen (secondary N) is 2. The topological polar surface area (TPSA) is 72.0 Å². The van der Waals surface area contributed by atoms with Crippen molar-refractivity contribution in [3.05, 3.63) is 72.1 Å². The van der Waals surface area contributed by atoms with Crippen LogP contribution in [-0.4, -0.2) is 48.3 Å². The summed E-state index contributed by atoms with van der Waals surface area (Å²) in [6, 6.07) is 11.5. The Balaban J connectivity index is 0.000000376. The van der Waals surface area contributed by atoms with Crippen LogP contribution in [0, 0.1) is 18.6 Å². The van der Waals surface area contributed by atoms with Gasteiger partial charge in [-0.2, -0.15) is 0 Å². The molecule has 2 N–H and O–H groups in total. The predicted molar refractivity (Wildman–Crippen MR) is 126 cm³/mol. The van der Waals surface area contributed by atoms with E-state index < -0.39 is 11.6 Å². The Kier molecular flexibility index (Phi) is 7.16. The second-order valence-corrected chi connectivity index (χ2v) is 7.54. The van der Waals surface area contributed by atoms with Gasteiger partial charge in [0, 0.05) is 49.0 Å². The number of morpholine rings is 1. The first-order valence-electron chi connectivity index (χ1n) is 10.7. The quantitative estimate of drug-likeness (QED) is 0.477. The molecule has 0 amide bonds. The maximum Gasteiger partial charge on any atom is 0.166 e. The monoisotopic (exact) mass is 449 g/mol. The number of benzene rings is 2. The minimum atomic E-state index is -0.873. The summed E-state index contributed by atoms with van der Waals surface area (Å²) in [5.74, 6) is -0.578. The highest BCUT2D eigenvalue weighted by Gasteiger charge is 2.15. The van der Waals surface area contributed by atoms with E-state index in [0.717, 1.165) is 54.4 Å². The molecule has 3 heterocycles. The fourth-order valence-corrected chi connectivity index (χ4v) is 3.62. The van der Waals surface area contributed by atoms with Crippen molar-refractivity contribution in [2.45, 2.75) is 6.92 Å². The number of fused-ring (bicyclic) bond motifs is 1. The van der Waals surface area contributed by atoms with Gasteiger partial charge in [-0.3, -0.25) is 4.98 Å². The van der Waals surface area contributed by atoms with E-state index in [1.165, 1.54) is 6.07 Å². The minimum absolute atomic E-state index is 0.207. The number of hydrogen-bond acceptors (Lipinski definition) is 6. The van der Waals surface area contributed by atoms with Crippen molar-refractivity contribution in [1.82, 2.24) is 20.3 Å². The zero-order chi connectivity index (χ0) is 23.2. The van der Waals surface area contributed by atoms with Gasteiger partial charge >= 0.3 is 0 Å². The van der Waals surface area contributed by atoms with Crippen LogP contribution >= 0.6 is 0 Å². The molecule has 0 aliphatic carbocycles. The first kappa shape index (κ1) is 22.7. The number of ether oxygens (including phenoxy) is 1. The van der Waals surface area contributed by atoms with Gasteiger partial charge in [-0.25, -0.2) is 18.7 Å². The maximum atomic E-state index is 14.3. The second-order valence-electron chi connectivity index (χ2n) is 7.54. The first-order chi connectivity index (χ1) is 16.1. The third-order valence-electron chi connectivity index (χ3n) is 5.26. The van der Waals surface area contributed by atoms with Crippen LogP contribution in [0.5, 0.6) is 0 Å². The lowest BCUT2D eigenvalue weighted by molar-refractivity contribution is 0.109. The summed E-state index contributed by atoms with van der Waals surface area (Å²) in [5, 5.41) is 6.97. The molecule has 2 aromatic carbocycles. The lowest BCUT2D eigenvalue weighted by Crippen LogP contribution is -2.30. The normalized spacial score (nSPS) is 13.3. The van der Waals surface area contributed by atoms with Crippen molar-refractivity contribution < 1.29 is 13.5 Å². The van der Waals surface area contributed by atoms with Gasteiger partial charge in [-0.15, -0.1) is 0 Å². The Hall–Kier alpha value is -3.49. The van der Waals surface area contributed by atoms with Gasteiger partial charge < -0.3 is 15.4 Å². The van der Waals surface area contributed by atoms with E-state index in [9.17, 15) is 8.78 Å². The summed E-state index contributed by atoms with van der Waals surface area (Å²) in [6.45, 7) is 5.72. The molecular formula is C25H25F2N5O. The Morgan fingerprint density at radius 1 is 1.00 bits per heavy atom. The van der Waals surface area contributed by atoms with E-state index in [2.05, 4.69) is 25.6 Å². The molecule has 33 heavy (non-hydrogen) atoms. The molecule has 0 radical (unpaired) electrons. The average Bonchev–Trinajstić information content (AvgIpc) is 2.87. The van der Waals surface area contributed by atoms with Crippen LogP contribution in [0.3, 0.4) is 0 Å². The molecule has 0 spiro atoms. The third kappa shape index (κ3) is 5.13. The minimum Gasteiger partial charge on any atom is -0.379 e. The van der Waals surface area contributed by atoms with Gasteiger partial charge in [-0.1, -0.05) is 12.1 Å². The lowest BCUT2D eigenvalue weighted by atomic mass is 9.99. The molecule has 0 unspecified atom stereocenters. The second kappa shape index (κ2) is 10.4. The van der Waals surface area contributed by atoms with Crippen molar-refractivity contribution in [2.24, 2.45) is 0 Å². The summed E-state index contributed by atoms with van der Waals surface area (Å²) in [6.07, 6.45) is 3.39. The maximum absolute atomic E-state index is 14.3. The van der Waals surface area contributed by atoms with Crippen LogP contribution in [0.15, 0.2) is 54.9 Å². The van der Waals surface area contributed by atoms with Gasteiger partial charge in [0.25, 0.3) is 0 Å². The Morgan fingerprint density at radius 3 is 2.45 bits per heavy atom. The smallest absolute Gasteiger partial charge is 0.166 e. The number of hydrogen-bond donors (Lipinski definition) is 2. The largest absolute Gasteiger partial charge is 0.379 e. The predicted octanol–water partition coefficient (Wildman–Crippen LogP) is 4.59. The third-order valence-corrected chi connectivity index (χ3v) is 5.26. The van der Waals surface area contributed by atoms with Crippen molar-refractivity contribution in [2.75, 3.05) is 38.7 Å². The molecule has 5 rings (SSSR count). The van der Waals surface area contributed by atoms with Crippen molar-refractivity contribution in [3.63, 3.8) is 0 Å². The summed E-state index contributed by atoms with van der Waals surface area (Å²) in [5.41, 5.74) is 3.17. The van der Waals surface area contributed by atoms with E-state index in [1.54, 1.807) is 37.6 Å². The number of aromatic nitrogens is 3. The van der Waals surface area contributed by atoms with E-state index in [0.29, 0.717) is 17.2 Å². The summed E-state index contributed by atoms with van der Waals surface area (Å²) < 4.78 is 32.9. The number of pyridine rings is 1. The molecule has 4 aromatic rings. The van der Waals surface area contributed by atoms with Gasteiger partial charge in [-0.05, 0) is 48.4 Å². The van der Waals surface area contributed by atoms with E-state index in [4.69, 9.17) is 4.74 Å². The van der Waals surface area contributed by atoms with Crippen LogP contribution in [0.25, 0.3) is 33.4 Å². The standard InChI is InChI=1S/C21H16F2N4.C4H9NO/c1-12-9-14(15-6-3-7-17(22)18(15)23)10-16-19(12)26-20(27-21(16)24-2)13-5-4-8-25-11-13;1-3-6-4-2-5-1/h3-11H,1-2H3,(H,24,26,27);5H,1-4H2.